The topological polar surface area (TPSA) is 49.3 Å². The van der Waals surface area contributed by atoms with E-state index in [0.29, 0.717) is 10.6 Å². The number of aliphatic hydroxyl groups excluding tert-OH is 1. The first-order valence-corrected chi connectivity index (χ1v) is 7.51. The molecule has 0 bridgehead atoms. The lowest BCUT2D eigenvalue weighted by molar-refractivity contribution is -0.131. The van der Waals surface area contributed by atoms with Gasteiger partial charge in [0.1, 0.15) is 0 Å². The van der Waals surface area contributed by atoms with E-state index in [1.807, 2.05) is 57.2 Å². The number of amides is 1. The van der Waals surface area contributed by atoms with Crippen LogP contribution in [-0.4, -0.2) is 16.6 Å². The number of halogens is 1. The Morgan fingerprint density at radius 1 is 1.09 bits per heavy atom. The average molecular weight is 318 g/mol. The van der Waals surface area contributed by atoms with Crippen LogP contribution in [0.3, 0.4) is 0 Å². The number of hydrogen-bond donors (Lipinski definition) is 2. The number of benzene rings is 2. The minimum Gasteiger partial charge on any atom is -0.378 e. The van der Waals surface area contributed by atoms with Gasteiger partial charge in [0.05, 0.1) is 0 Å². The Hall–Kier alpha value is -1.84. The molecule has 3 nitrogen and oxygen atoms in total. The van der Waals surface area contributed by atoms with E-state index in [-0.39, 0.29) is 5.54 Å². The molecule has 0 aliphatic heterocycles. The second-order valence-electron chi connectivity index (χ2n) is 6.24. The van der Waals surface area contributed by atoms with E-state index in [1.165, 1.54) is 0 Å². The van der Waals surface area contributed by atoms with Crippen molar-refractivity contribution in [3.05, 3.63) is 59.1 Å². The molecule has 2 aromatic carbocycles. The molecule has 1 unspecified atom stereocenters. The molecule has 2 rings (SSSR count). The van der Waals surface area contributed by atoms with Crippen molar-refractivity contribution in [2.75, 3.05) is 0 Å². The van der Waals surface area contributed by atoms with Gasteiger partial charge in [0.15, 0.2) is 6.10 Å². The Morgan fingerprint density at radius 3 is 2.23 bits per heavy atom. The molecule has 1 atom stereocenters. The number of hydrogen-bond acceptors (Lipinski definition) is 2. The molecule has 0 fully saturated rings. The van der Waals surface area contributed by atoms with Gasteiger partial charge >= 0.3 is 0 Å². The highest BCUT2D eigenvalue weighted by atomic mass is 35.5. The van der Waals surface area contributed by atoms with Crippen molar-refractivity contribution < 1.29 is 9.90 Å². The van der Waals surface area contributed by atoms with Gasteiger partial charge < -0.3 is 10.4 Å². The van der Waals surface area contributed by atoms with Crippen molar-refractivity contribution in [1.82, 2.24) is 5.32 Å². The second-order valence-corrected chi connectivity index (χ2v) is 6.65. The van der Waals surface area contributed by atoms with Crippen LogP contribution in [0.15, 0.2) is 48.5 Å². The smallest absolute Gasteiger partial charge is 0.253 e. The molecule has 0 heterocycles. The van der Waals surface area contributed by atoms with Gasteiger partial charge in [-0.2, -0.15) is 0 Å². The fourth-order valence-corrected chi connectivity index (χ4v) is 2.37. The van der Waals surface area contributed by atoms with E-state index in [2.05, 4.69) is 5.32 Å². The summed E-state index contributed by atoms with van der Waals surface area (Å²) in [5.74, 6) is -0.405. The summed E-state index contributed by atoms with van der Waals surface area (Å²) in [5, 5.41) is 13.6. The lowest BCUT2D eigenvalue weighted by Crippen LogP contribution is -2.43. The predicted octanol–water partition coefficient (Wildman–Crippen LogP) is 3.96. The predicted molar refractivity (Wildman–Crippen MR) is 89.7 cm³/mol. The van der Waals surface area contributed by atoms with Gasteiger partial charge in [-0.25, -0.2) is 0 Å². The van der Waals surface area contributed by atoms with E-state index in [1.54, 1.807) is 12.1 Å². The molecule has 0 aliphatic rings. The number of rotatable bonds is 3. The highest BCUT2D eigenvalue weighted by Crippen LogP contribution is 2.28. The number of nitrogens with one attached hydrogen (secondary N) is 1. The van der Waals surface area contributed by atoms with Crippen molar-refractivity contribution >= 4 is 17.5 Å². The summed E-state index contributed by atoms with van der Waals surface area (Å²) in [7, 11) is 0. The molecule has 116 valence electrons. The van der Waals surface area contributed by atoms with E-state index >= 15 is 0 Å². The molecular formula is C18H20ClNO2. The molecule has 0 spiro atoms. The lowest BCUT2D eigenvalue weighted by atomic mass is 10.0. The third-order valence-electron chi connectivity index (χ3n) is 3.16. The quantitative estimate of drug-likeness (QED) is 0.900. The molecule has 0 saturated carbocycles. The summed E-state index contributed by atoms with van der Waals surface area (Å²) in [6, 6.07) is 14.7. The third-order valence-corrected chi connectivity index (χ3v) is 3.49. The first-order valence-electron chi connectivity index (χ1n) is 7.13. The SMILES string of the molecule is CC(C)(C)NC(=O)C(O)c1ccc(-c2ccccc2Cl)cc1. The first kappa shape index (κ1) is 16.5. The first-order chi connectivity index (χ1) is 10.3. The summed E-state index contributed by atoms with van der Waals surface area (Å²) in [5.41, 5.74) is 2.04. The van der Waals surface area contributed by atoms with Gasteiger partial charge in [0.2, 0.25) is 0 Å². The van der Waals surface area contributed by atoms with Gasteiger partial charge in [-0.3, -0.25) is 4.79 Å². The summed E-state index contributed by atoms with van der Waals surface area (Å²) in [6.45, 7) is 5.62. The zero-order valence-electron chi connectivity index (χ0n) is 12.9. The Kier molecular flexibility index (Phi) is 4.89. The number of carbonyl (C=O) groups is 1. The average Bonchev–Trinajstić information content (AvgIpc) is 2.45. The van der Waals surface area contributed by atoms with Gasteiger partial charge in [-0.15, -0.1) is 0 Å². The standard InChI is InChI=1S/C18H20ClNO2/c1-18(2,3)20-17(22)16(21)13-10-8-12(9-11-13)14-6-4-5-7-15(14)19/h4-11,16,21H,1-3H3,(H,20,22). The van der Waals surface area contributed by atoms with E-state index in [4.69, 9.17) is 11.6 Å². The van der Waals surface area contributed by atoms with Crippen molar-refractivity contribution in [2.45, 2.75) is 32.4 Å². The molecule has 1 amide bonds. The molecule has 4 heteroatoms. The minimum atomic E-state index is -1.18. The molecular weight excluding hydrogens is 298 g/mol. The summed E-state index contributed by atoms with van der Waals surface area (Å²) >= 11 is 6.17. The van der Waals surface area contributed by atoms with Crippen molar-refractivity contribution in [2.24, 2.45) is 0 Å². The monoisotopic (exact) mass is 317 g/mol. The second kappa shape index (κ2) is 6.51. The fourth-order valence-electron chi connectivity index (χ4n) is 2.13. The zero-order valence-corrected chi connectivity index (χ0v) is 13.7. The van der Waals surface area contributed by atoms with Crippen molar-refractivity contribution in [1.29, 1.82) is 0 Å². The Bertz CT molecular complexity index is 660. The van der Waals surface area contributed by atoms with Crippen molar-refractivity contribution in [3.8, 4) is 11.1 Å². The van der Waals surface area contributed by atoms with Crippen LogP contribution in [0.2, 0.25) is 5.02 Å². The maximum Gasteiger partial charge on any atom is 0.253 e. The van der Waals surface area contributed by atoms with E-state index < -0.39 is 12.0 Å². The van der Waals surface area contributed by atoms with Crippen molar-refractivity contribution in [3.63, 3.8) is 0 Å². The van der Waals surface area contributed by atoms with Crippen LogP contribution >= 0.6 is 11.6 Å². The third kappa shape index (κ3) is 4.09. The highest BCUT2D eigenvalue weighted by molar-refractivity contribution is 6.33. The largest absolute Gasteiger partial charge is 0.378 e. The van der Waals surface area contributed by atoms with E-state index in [9.17, 15) is 9.90 Å². The summed E-state index contributed by atoms with van der Waals surface area (Å²) < 4.78 is 0. The van der Waals surface area contributed by atoms with Crippen LogP contribution in [0.4, 0.5) is 0 Å². The number of carbonyl (C=O) groups excluding carboxylic acids is 1. The summed E-state index contributed by atoms with van der Waals surface area (Å²) in [4.78, 5) is 12.0. The molecule has 2 aromatic rings. The molecule has 22 heavy (non-hydrogen) atoms. The van der Waals surface area contributed by atoms with Gasteiger partial charge in [-0.05, 0) is 38.0 Å². The molecule has 0 radical (unpaired) electrons. The van der Waals surface area contributed by atoms with Crippen LogP contribution < -0.4 is 5.32 Å². The summed E-state index contributed by atoms with van der Waals surface area (Å²) in [6.07, 6.45) is -1.18. The zero-order chi connectivity index (χ0) is 16.3. The van der Waals surface area contributed by atoms with Crippen LogP contribution in [0.5, 0.6) is 0 Å². The lowest BCUT2D eigenvalue weighted by Gasteiger charge is -2.22. The molecule has 0 aromatic heterocycles. The van der Waals surface area contributed by atoms with Crippen LogP contribution in [0.1, 0.15) is 32.4 Å². The van der Waals surface area contributed by atoms with Crippen LogP contribution in [0, 0.1) is 0 Å². The Balaban J connectivity index is 2.19. The van der Waals surface area contributed by atoms with E-state index in [0.717, 1.165) is 11.1 Å². The molecule has 0 saturated heterocycles. The Labute approximate surface area is 135 Å². The normalized spacial score (nSPS) is 12.8. The Morgan fingerprint density at radius 2 is 1.68 bits per heavy atom. The van der Waals surface area contributed by atoms with Crippen LogP contribution in [0.25, 0.3) is 11.1 Å². The fraction of sp³-hybridized carbons (Fsp3) is 0.278. The van der Waals surface area contributed by atoms with Gasteiger partial charge in [0, 0.05) is 16.1 Å². The molecule has 2 N–H and O–H groups in total. The highest BCUT2D eigenvalue weighted by Gasteiger charge is 2.22. The number of aliphatic hydroxyl groups is 1. The van der Waals surface area contributed by atoms with Crippen LogP contribution in [-0.2, 0) is 4.79 Å². The molecule has 0 aliphatic carbocycles. The minimum absolute atomic E-state index is 0.379. The maximum atomic E-state index is 12.0. The van der Waals surface area contributed by atoms with Gasteiger partial charge in [-0.1, -0.05) is 54.1 Å². The maximum absolute atomic E-state index is 12.0. The van der Waals surface area contributed by atoms with Gasteiger partial charge in [0.25, 0.3) is 5.91 Å².